The third-order valence-corrected chi connectivity index (χ3v) is 5.14. The maximum absolute atomic E-state index is 13.6. The number of hydrogen-bond donors (Lipinski definition) is 0. The van der Waals surface area contributed by atoms with Crippen LogP contribution >= 0.6 is 11.8 Å². The number of benzene rings is 2. The minimum atomic E-state index is -4.66. The van der Waals surface area contributed by atoms with E-state index in [4.69, 9.17) is 4.74 Å². The summed E-state index contributed by atoms with van der Waals surface area (Å²) in [4.78, 5) is 4.35. The molecule has 0 radical (unpaired) electrons. The molecule has 0 aliphatic rings. The van der Waals surface area contributed by atoms with Crippen molar-refractivity contribution in [2.45, 2.75) is 11.2 Å². The van der Waals surface area contributed by atoms with Crippen molar-refractivity contribution in [2.75, 3.05) is 12.9 Å². The number of alkyl halides is 3. The molecule has 0 N–H and O–H groups in total. The standard InChI is InChI=1S/C23H17F3N2OS/c1-29-18-11-9-17(10-12-18)21-14-20(23(24,25)26)19(15-27)22(28-21)30-13-5-8-16-6-3-2-4-7-16/h2-12,14H,13H2,1H3/b8-5+. The molecule has 0 amide bonds. The van der Waals surface area contributed by atoms with E-state index in [1.807, 2.05) is 42.5 Å². The van der Waals surface area contributed by atoms with Gasteiger partial charge in [0, 0.05) is 11.3 Å². The first-order valence-electron chi connectivity index (χ1n) is 8.93. The fourth-order valence-electron chi connectivity index (χ4n) is 2.74. The van der Waals surface area contributed by atoms with E-state index < -0.39 is 17.3 Å². The number of methoxy groups -OCH3 is 1. The van der Waals surface area contributed by atoms with Gasteiger partial charge in [0.1, 0.15) is 16.8 Å². The number of nitriles is 1. The third-order valence-electron chi connectivity index (χ3n) is 4.22. The van der Waals surface area contributed by atoms with Crippen LogP contribution in [0.2, 0.25) is 0 Å². The summed E-state index contributed by atoms with van der Waals surface area (Å²) in [5.74, 6) is 0.962. The van der Waals surface area contributed by atoms with Crippen molar-refractivity contribution in [1.29, 1.82) is 5.26 Å². The van der Waals surface area contributed by atoms with Gasteiger partial charge in [-0.3, -0.25) is 0 Å². The zero-order valence-electron chi connectivity index (χ0n) is 16.0. The Labute approximate surface area is 176 Å². The second-order valence-electron chi connectivity index (χ2n) is 6.20. The molecule has 0 unspecified atom stereocenters. The molecule has 0 aliphatic carbocycles. The minimum Gasteiger partial charge on any atom is -0.497 e. The highest BCUT2D eigenvalue weighted by molar-refractivity contribution is 7.99. The van der Waals surface area contributed by atoms with Gasteiger partial charge in [-0.25, -0.2) is 4.98 Å². The molecule has 152 valence electrons. The first-order chi connectivity index (χ1) is 14.4. The lowest BCUT2D eigenvalue weighted by Crippen LogP contribution is -2.10. The van der Waals surface area contributed by atoms with E-state index in [2.05, 4.69) is 4.98 Å². The summed E-state index contributed by atoms with van der Waals surface area (Å²) in [6.45, 7) is 0. The van der Waals surface area contributed by atoms with E-state index >= 15 is 0 Å². The Morgan fingerprint density at radius 2 is 1.80 bits per heavy atom. The van der Waals surface area contributed by atoms with Gasteiger partial charge in [0.15, 0.2) is 0 Å². The lowest BCUT2D eigenvalue weighted by Gasteiger charge is -2.14. The minimum absolute atomic E-state index is 0.0517. The van der Waals surface area contributed by atoms with Crippen LogP contribution in [0.4, 0.5) is 13.2 Å². The van der Waals surface area contributed by atoms with Gasteiger partial charge in [-0.2, -0.15) is 18.4 Å². The molecule has 0 aliphatic heterocycles. The normalized spacial score (nSPS) is 11.4. The average molecular weight is 426 g/mol. The van der Waals surface area contributed by atoms with Crippen LogP contribution in [0.5, 0.6) is 5.75 Å². The van der Waals surface area contributed by atoms with Gasteiger partial charge >= 0.3 is 6.18 Å². The first kappa shape index (κ1) is 21.5. The highest BCUT2D eigenvalue weighted by Gasteiger charge is 2.36. The molecule has 3 aromatic rings. The van der Waals surface area contributed by atoms with Gasteiger partial charge in [0.2, 0.25) is 0 Å². The predicted octanol–water partition coefficient (Wildman–Crippen LogP) is 6.45. The molecule has 3 rings (SSSR count). The van der Waals surface area contributed by atoms with Crippen LogP contribution < -0.4 is 4.74 Å². The molecule has 30 heavy (non-hydrogen) atoms. The van der Waals surface area contributed by atoms with Crippen molar-refractivity contribution < 1.29 is 17.9 Å². The molecular formula is C23H17F3N2OS. The van der Waals surface area contributed by atoms with Crippen LogP contribution in [0.15, 0.2) is 71.8 Å². The Bertz CT molecular complexity index is 1070. The van der Waals surface area contributed by atoms with Crippen LogP contribution in [0.25, 0.3) is 17.3 Å². The SMILES string of the molecule is COc1ccc(-c2cc(C(F)(F)F)c(C#N)c(SC/C=C/c3ccccc3)n2)cc1. The quantitative estimate of drug-likeness (QED) is 0.425. The molecule has 0 saturated heterocycles. The number of aromatic nitrogens is 1. The topological polar surface area (TPSA) is 45.9 Å². The van der Waals surface area contributed by atoms with E-state index in [1.165, 1.54) is 7.11 Å². The van der Waals surface area contributed by atoms with E-state index in [1.54, 1.807) is 30.3 Å². The largest absolute Gasteiger partial charge is 0.497 e. The van der Waals surface area contributed by atoms with Gasteiger partial charge in [0.05, 0.1) is 23.9 Å². The fraction of sp³-hybridized carbons (Fsp3) is 0.130. The average Bonchev–Trinajstić information content (AvgIpc) is 2.76. The molecule has 0 bridgehead atoms. The van der Waals surface area contributed by atoms with Crippen LogP contribution in [-0.4, -0.2) is 17.8 Å². The van der Waals surface area contributed by atoms with Crippen molar-refractivity contribution in [3.05, 3.63) is 83.4 Å². The van der Waals surface area contributed by atoms with Crippen LogP contribution in [-0.2, 0) is 6.18 Å². The lowest BCUT2D eigenvalue weighted by atomic mass is 10.1. The Morgan fingerprint density at radius 3 is 2.40 bits per heavy atom. The Morgan fingerprint density at radius 1 is 1.10 bits per heavy atom. The zero-order valence-corrected chi connectivity index (χ0v) is 16.8. The van der Waals surface area contributed by atoms with Gasteiger partial charge in [-0.05, 0) is 35.9 Å². The van der Waals surface area contributed by atoms with Crippen molar-refractivity contribution in [1.82, 2.24) is 4.98 Å². The summed E-state index contributed by atoms with van der Waals surface area (Å²) in [5, 5.41) is 9.44. The van der Waals surface area contributed by atoms with Crippen molar-refractivity contribution in [3.63, 3.8) is 0 Å². The van der Waals surface area contributed by atoms with E-state index in [0.717, 1.165) is 23.4 Å². The Hall–Kier alpha value is -3.24. The molecule has 3 nitrogen and oxygen atoms in total. The number of ether oxygens (including phenoxy) is 1. The monoisotopic (exact) mass is 426 g/mol. The summed E-state index contributed by atoms with van der Waals surface area (Å²) in [6, 6.07) is 18.7. The third kappa shape index (κ3) is 5.22. The van der Waals surface area contributed by atoms with Gasteiger partial charge in [-0.1, -0.05) is 42.5 Å². The van der Waals surface area contributed by atoms with E-state index in [-0.39, 0.29) is 10.7 Å². The number of nitrogens with zero attached hydrogens (tertiary/aromatic N) is 2. The summed E-state index contributed by atoms with van der Waals surface area (Å²) >= 11 is 1.09. The fourth-order valence-corrected chi connectivity index (χ4v) is 3.56. The number of halogens is 3. The number of rotatable bonds is 6. The zero-order chi connectivity index (χ0) is 21.6. The van der Waals surface area contributed by atoms with Crippen LogP contribution in [0, 0.1) is 11.3 Å². The summed E-state index contributed by atoms with van der Waals surface area (Å²) in [7, 11) is 1.51. The summed E-state index contributed by atoms with van der Waals surface area (Å²) < 4.78 is 45.9. The molecule has 0 fully saturated rings. The van der Waals surface area contributed by atoms with E-state index in [9.17, 15) is 18.4 Å². The van der Waals surface area contributed by atoms with Crippen molar-refractivity contribution in [2.24, 2.45) is 0 Å². The summed E-state index contributed by atoms with van der Waals surface area (Å²) in [5.41, 5.74) is 0.193. The molecule has 0 atom stereocenters. The Kier molecular flexibility index (Phi) is 6.80. The number of thioether (sulfide) groups is 1. The molecule has 0 spiro atoms. The predicted molar refractivity (Wildman–Crippen MR) is 112 cm³/mol. The van der Waals surface area contributed by atoms with Crippen LogP contribution in [0.3, 0.4) is 0 Å². The lowest BCUT2D eigenvalue weighted by molar-refractivity contribution is -0.138. The van der Waals surface area contributed by atoms with Gasteiger partial charge in [0.25, 0.3) is 0 Å². The Balaban J connectivity index is 1.95. The van der Waals surface area contributed by atoms with Gasteiger partial charge in [-0.15, -0.1) is 11.8 Å². The second kappa shape index (κ2) is 9.51. The number of pyridine rings is 1. The molecule has 2 aromatic carbocycles. The van der Waals surface area contributed by atoms with Crippen molar-refractivity contribution in [3.8, 4) is 23.1 Å². The molecule has 0 saturated carbocycles. The van der Waals surface area contributed by atoms with Gasteiger partial charge < -0.3 is 4.74 Å². The van der Waals surface area contributed by atoms with Crippen molar-refractivity contribution >= 4 is 17.8 Å². The first-order valence-corrected chi connectivity index (χ1v) is 9.92. The second-order valence-corrected chi connectivity index (χ2v) is 7.21. The molecular weight excluding hydrogens is 409 g/mol. The van der Waals surface area contributed by atoms with E-state index in [0.29, 0.717) is 17.1 Å². The maximum Gasteiger partial charge on any atom is 0.417 e. The highest BCUT2D eigenvalue weighted by atomic mass is 32.2. The highest BCUT2D eigenvalue weighted by Crippen LogP contribution is 2.38. The molecule has 7 heteroatoms. The maximum atomic E-state index is 13.6. The molecule has 1 aromatic heterocycles. The smallest absolute Gasteiger partial charge is 0.417 e. The summed E-state index contributed by atoms with van der Waals surface area (Å²) in [6.07, 6.45) is -0.961. The number of hydrogen-bond acceptors (Lipinski definition) is 4. The van der Waals surface area contributed by atoms with Crippen LogP contribution in [0.1, 0.15) is 16.7 Å². The molecule has 1 heterocycles.